The number of nitrogens with zero attached hydrogens (tertiary/aromatic N) is 1. The molecule has 5 fully saturated rings. The molecule has 7 rings (SSSR count). The fourth-order valence-corrected chi connectivity index (χ4v) is 13.7. The number of amides is 1. The average molecular weight is 686 g/mol. The first kappa shape index (κ1) is 35.9. The van der Waals surface area contributed by atoms with Gasteiger partial charge in [-0.05, 0) is 128 Å². The summed E-state index contributed by atoms with van der Waals surface area (Å²) in [5.41, 5.74) is 10.9. The van der Waals surface area contributed by atoms with Gasteiger partial charge in [0.25, 0.3) is 0 Å². The SMILES string of the molecule is C=C(C)[C@@H]1CC[C@]2(C(=O)NCCN3CCOCC3)CC[C@]3(C)[C@H](CC[C@@H]4[C@@]5(C)CC=C(c6ccc(C(=O)O)cc6)C(C)(C)[C@]5(N)CC[C@]43C)[C@@H]12. The van der Waals surface area contributed by atoms with Crippen LogP contribution in [0.3, 0.4) is 0 Å². The van der Waals surface area contributed by atoms with Crippen molar-refractivity contribution in [2.45, 2.75) is 105 Å². The summed E-state index contributed by atoms with van der Waals surface area (Å²) >= 11 is 0. The summed E-state index contributed by atoms with van der Waals surface area (Å²) in [7, 11) is 0. The second-order valence-corrected chi connectivity index (χ2v) is 18.7. The minimum atomic E-state index is -0.900. The Hall–Kier alpha value is -2.48. The summed E-state index contributed by atoms with van der Waals surface area (Å²) in [5, 5.41) is 13.0. The quantitative estimate of drug-likeness (QED) is 0.256. The minimum absolute atomic E-state index is 0.0865. The molecule has 0 radical (unpaired) electrons. The number of hydrogen-bond donors (Lipinski definition) is 3. The van der Waals surface area contributed by atoms with E-state index in [0.29, 0.717) is 41.7 Å². The molecular weight excluding hydrogens is 622 g/mol. The van der Waals surface area contributed by atoms with Crippen LogP contribution in [0.25, 0.3) is 5.57 Å². The molecule has 50 heavy (non-hydrogen) atoms. The van der Waals surface area contributed by atoms with Crippen LogP contribution in [0, 0.1) is 50.7 Å². The highest BCUT2D eigenvalue weighted by molar-refractivity contribution is 5.88. The highest BCUT2D eigenvalue weighted by Gasteiger charge is 2.74. The van der Waals surface area contributed by atoms with Gasteiger partial charge in [0.2, 0.25) is 5.91 Å². The molecule has 274 valence electrons. The Morgan fingerprint density at radius 1 is 0.940 bits per heavy atom. The van der Waals surface area contributed by atoms with Gasteiger partial charge in [-0.25, -0.2) is 4.79 Å². The lowest BCUT2D eigenvalue weighted by Gasteiger charge is -2.74. The zero-order chi connectivity index (χ0) is 35.9. The van der Waals surface area contributed by atoms with Crippen LogP contribution in [0.15, 0.2) is 42.5 Å². The van der Waals surface area contributed by atoms with Gasteiger partial charge < -0.3 is 20.9 Å². The van der Waals surface area contributed by atoms with Gasteiger partial charge in [-0.2, -0.15) is 0 Å². The van der Waals surface area contributed by atoms with Crippen molar-refractivity contribution >= 4 is 17.4 Å². The lowest BCUT2D eigenvalue weighted by Crippen LogP contribution is -2.74. The van der Waals surface area contributed by atoms with E-state index in [-0.39, 0.29) is 27.1 Å². The van der Waals surface area contributed by atoms with E-state index in [1.807, 2.05) is 12.1 Å². The minimum Gasteiger partial charge on any atom is -0.478 e. The molecule has 6 aliphatic rings. The molecule has 0 unspecified atom stereocenters. The van der Waals surface area contributed by atoms with Crippen molar-refractivity contribution in [1.82, 2.24) is 10.2 Å². The maximum Gasteiger partial charge on any atom is 0.335 e. The molecule has 9 atom stereocenters. The number of benzene rings is 1. The number of rotatable bonds is 7. The number of ether oxygens (including phenoxy) is 1. The van der Waals surface area contributed by atoms with Gasteiger partial charge in [0, 0.05) is 37.1 Å². The first-order chi connectivity index (χ1) is 23.6. The first-order valence-corrected chi connectivity index (χ1v) is 19.6. The van der Waals surface area contributed by atoms with Crippen molar-refractivity contribution in [1.29, 1.82) is 0 Å². The Labute approximate surface area is 300 Å². The monoisotopic (exact) mass is 685 g/mol. The van der Waals surface area contributed by atoms with Crippen molar-refractivity contribution in [3.8, 4) is 0 Å². The fourth-order valence-electron chi connectivity index (χ4n) is 13.7. The molecule has 7 nitrogen and oxygen atoms in total. The summed E-state index contributed by atoms with van der Waals surface area (Å²) in [5.74, 6) is 1.08. The predicted molar refractivity (Wildman–Crippen MR) is 199 cm³/mol. The molecule has 1 heterocycles. The number of carboxylic acid groups (broad SMARTS) is 1. The van der Waals surface area contributed by atoms with Crippen LogP contribution >= 0.6 is 0 Å². The molecule has 7 heteroatoms. The summed E-state index contributed by atoms with van der Waals surface area (Å²) < 4.78 is 5.54. The van der Waals surface area contributed by atoms with Crippen molar-refractivity contribution in [3.63, 3.8) is 0 Å². The van der Waals surface area contributed by atoms with Gasteiger partial charge in [0.15, 0.2) is 0 Å². The number of nitrogens with one attached hydrogen (secondary N) is 1. The summed E-state index contributed by atoms with van der Waals surface area (Å²) in [6.45, 7) is 24.2. The molecular formula is C43H63N3O4. The van der Waals surface area contributed by atoms with Gasteiger partial charge >= 0.3 is 5.97 Å². The number of carboxylic acids is 1. The van der Waals surface area contributed by atoms with Gasteiger partial charge in [-0.3, -0.25) is 9.69 Å². The molecule has 4 N–H and O–H groups in total. The Morgan fingerprint density at radius 3 is 2.28 bits per heavy atom. The van der Waals surface area contributed by atoms with Gasteiger partial charge in [-0.15, -0.1) is 0 Å². The van der Waals surface area contributed by atoms with E-state index >= 15 is 0 Å². The zero-order valence-corrected chi connectivity index (χ0v) is 31.7. The largest absolute Gasteiger partial charge is 0.478 e. The van der Waals surface area contributed by atoms with Crippen molar-refractivity contribution in [2.24, 2.45) is 56.5 Å². The highest BCUT2D eigenvalue weighted by Crippen LogP contribution is 2.78. The van der Waals surface area contributed by atoms with Crippen LogP contribution in [-0.2, 0) is 9.53 Å². The number of allylic oxidation sites excluding steroid dienone is 2. The fraction of sp³-hybridized carbons (Fsp3) is 0.721. The molecule has 1 saturated heterocycles. The van der Waals surface area contributed by atoms with Gasteiger partial charge in [0.1, 0.15) is 0 Å². The van der Waals surface area contributed by atoms with Gasteiger partial charge in [-0.1, -0.05) is 65.0 Å². The van der Waals surface area contributed by atoms with Gasteiger partial charge in [0.05, 0.1) is 24.2 Å². The molecule has 5 aliphatic carbocycles. The molecule has 1 aromatic carbocycles. The van der Waals surface area contributed by atoms with Crippen molar-refractivity contribution in [2.75, 3.05) is 39.4 Å². The van der Waals surface area contributed by atoms with E-state index in [0.717, 1.165) is 96.2 Å². The van der Waals surface area contributed by atoms with Crippen molar-refractivity contribution in [3.05, 3.63) is 53.6 Å². The standard InChI is InChI=1S/C43H63N3O4/c1-28(2)31-14-17-42(37(49)45-22-23-46-24-26-50-27-25-46)20-18-39(5)33(35(31)42)12-13-34-40(39,6)19-21-43(44)38(3,4)32(15-16-41(34,43)7)29-8-10-30(11-9-29)36(47)48/h8-11,15,31,33-35H,1,12-14,16-27,44H2,2-7H3,(H,45,49)(H,47,48)/t31-,33+,34-,35+,39+,40+,41+,42-,43+/m0/s1. The van der Waals surface area contributed by atoms with E-state index in [1.54, 1.807) is 12.1 Å². The summed E-state index contributed by atoms with van der Waals surface area (Å²) in [4.78, 5) is 28.5. The summed E-state index contributed by atoms with van der Waals surface area (Å²) in [6, 6.07) is 7.38. The van der Waals surface area contributed by atoms with Crippen LogP contribution in [0.4, 0.5) is 0 Å². The topological polar surface area (TPSA) is 105 Å². The first-order valence-electron chi connectivity index (χ1n) is 19.6. The number of hydrogen-bond acceptors (Lipinski definition) is 5. The molecule has 0 spiro atoms. The smallest absolute Gasteiger partial charge is 0.335 e. The Bertz CT molecular complexity index is 1560. The molecule has 4 saturated carbocycles. The Balaban J connectivity index is 1.18. The Kier molecular flexibility index (Phi) is 8.83. The molecule has 1 aliphatic heterocycles. The number of morpholine rings is 1. The highest BCUT2D eigenvalue weighted by atomic mass is 16.5. The van der Waals surface area contributed by atoms with E-state index in [2.05, 4.69) is 64.4 Å². The van der Waals surface area contributed by atoms with Crippen molar-refractivity contribution < 1.29 is 19.4 Å². The molecule has 1 amide bonds. The van der Waals surface area contributed by atoms with E-state index < -0.39 is 11.5 Å². The number of fused-ring (bicyclic) bond motifs is 7. The number of nitrogens with two attached hydrogens (primary N) is 1. The van der Waals surface area contributed by atoms with E-state index in [4.69, 9.17) is 10.5 Å². The molecule has 1 aromatic rings. The van der Waals surface area contributed by atoms with E-state index in [1.165, 1.54) is 11.1 Å². The Morgan fingerprint density at radius 2 is 1.62 bits per heavy atom. The van der Waals surface area contributed by atoms with Crippen LogP contribution in [-0.4, -0.2) is 66.8 Å². The summed E-state index contributed by atoms with van der Waals surface area (Å²) in [6.07, 6.45) is 11.8. The second kappa shape index (κ2) is 12.3. The van der Waals surface area contributed by atoms with E-state index in [9.17, 15) is 14.7 Å². The molecule has 0 aromatic heterocycles. The second-order valence-electron chi connectivity index (χ2n) is 18.7. The maximum absolute atomic E-state index is 14.5. The van der Waals surface area contributed by atoms with Crippen LogP contribution in [0.5, 0.6) is 0 Å². The van der Waals surface area contributed by atoms with Crippen LogP contribution in [0.1, 0.15) is 115 Å². The number of carbonyl (C=O) groups is 2. The third kappa shape index (κ3) is 4.91. The third-order valence-corrected chi connectivity index (χ3v) is 16.8. The molecule has 0 bridgehead atoms. The lowest BCUT2D eigenvalue weighted by molar-refractivity contribution is -0.230. The van der Waals surface area contributed by atoms with Crippen LogP contribution in [0.2, 0.25) is 0 Å². The number of aromatic carboxylic acids is 1. The lowest BCUT2D eigenvalue weighted by atomic mass is 9.31. The maximum atomic E-state index is 14.5. The normalized spacial score (nSPS) is 42.3. The predicted octanol–water partition coefficient (Wildman–Crippen LogP) is 7.57. The number of carbonyl (C=O) groups excluding carboxylic acids is 1. The average Bonchev–Trinajstić information content (AvgIpc) is 3.49. The third-order valence-electron chi connectivity index (χ3n) is 16.8. The van der Waals surface area contributed by atoms with Crippen LogP contribution < -0.4 is 11.1 Å². The zero-order valence-electron chi connectivity index (χ0n) is 31.7.